The van der Waals surface area contributed by atoms with Crippen molar-refractivity contribution in [3.8, 4) is 0 Å². The molecule has 0 radical (unpaired) electrons. The third-order valence-electron chi connectivity index (χ3n) is 1.83. The van der Waals surface area contributed by atoms with Crippen LogP contribution in [-0.2, 0) is 0 Å². The van der Waals surface area contributed by atoms with Crippen molar-refractivity contribution < 1.29 is 4.79 Å². The highest BCUT2D eigenvalue weighted by Crippen LogP contribution is 2.12. The van der Waals surface area contributed by atoms with Crippen LogP contribution in [0.5, 0.6) is 0 Å². The third kappa shape index (κ3) is 1.14. The fraction of sp³-hybridized carbons (Fsp3) is 0.125. The number of fused-ring (bicyclic) bond motifs is 1. The summed E-state index contributed by atoms with van der Waals surface area (Å²) in [5, 5.41) is 9.80. The molecule has 1 amide bonds. The summed E-state index contributed by atoms with van der Waals surface area (Å²) in [7, 11) is 1.59. The molecule has 2 N–H and O–H groups in total. The summed E-state index contributed by atoms with van der Waals surface area (Å²) >= 11 is 0. The first-order valence-corrected chi connectivity index (χ1v) is 3.83. The zero-order chi connectivity index (χ0) is 9.26. The highest BCUT2D eigenvalue weighted by molar-refractivity contribution is 6.04. The molecule has 2 aromatic rings. The molecule has 2 aromatic heterocycles. The third-order valence-corrected chi connectivity index (χ3v) is 1.83. The number of carbonyl (C=O) groups excluding carboxylic acids is 1. The zero-order valence-corrected chi connectivity index (χ0v) is 7.03. The van der Waals surface area contributed by atoms with E-state index in [-0.39, 0.29) is 5.91 Å². The van der Waals surface area contributed by atoms with E-state index < -0.39 is 0 Å². The van der Waals surface area contributed by atoms with Crippen molar-refractivity contribution in [1.29, 1.82) is 0 Å². The van der Waals surface area contributed by atoms with Crippen LogP contribution in [-0.4, -0.2) is 28.1 Å². The molecule has 0 aliphatic carbocycles. The fourth-order valence-electron chi connectivity index (χ4n) is 1.18. The Bertz CT molecular complexity index is 448. The van der Waals surface area contributed by atoms with Crippen LogP contribution in [0.2, 0.25) is 0 Å². The van der Waals surface area contributed by atoms with Crippen molar-refractivity contribution in [2.24, 2.45) is 0 Å². The molecule has 2 heterocycles. The maximum absolute atomic E-state index is 11.3. The summed E-state index contributed by atoms with van der Waals surface area (Å²) in [5.74, 6) is -0.131. The SMILES string of the molecule is CNC(=O)c1ccnc2[nH]ncc12. The van der Waals surface area contributed by atoms with E-state index in [1.54, 1.807) is 25.5 Å². The maximum Gasteiger partial charge on any atom is 0.251 e. The van der Waals surface area contributed by atoms with Gasteiger partial charge in [0.25, 0.3) is 5.91 Å². The van der Waals surface area contributed by atoms with Gasteiger partial charge < -0.3 is 5.32 Å². The monoisotopic (exact) mass is 176 g/mol. The largest absolute Gasteiger partial charge is 0.355 e. The molecular weight excluding hydrogens is 168 g/mol. The Morgan fingerprint density at radius 2 is 2.46 bits per heavy atom. The zero-order valence-electron chi connectivity index (χ0n) is 7.03. The number of carbonyl (C=O) groups is 1. The van der Waals surface area contributed by atoms with Gasteiger partial charge in [-0.15, -0.1) is 0 Å². The predicted molar refractivity (Wildman–Crippen MR) is 47.3 cm³/mol. The molecule has 0 atom stereocenters. The van der Waals surface area contributed by atoms with Crippen LogP contribution in [0.4, 0.5) is 0 Å². The Morgan fingerprint density at radius 1 is 1.62 bits per heavy atom. The Kier molecular flexibility index (Phi) is 1.70. The van der Waals surface area contributed by atoms with E-state index in [1.165, 1.54) is 0 Å². The average Bonchev–Trinajstić information content (AvgIpc) is 2.63. The first kappa shape index (κ1) is 7.72. The molecule has 5 nitrogen and oxygen atoms in total. The summed E-state index contributed by atoms with van der Waals surface area (Å²) in [4.78, 5) is 15.4. The Hall–Kier alpha value is -1.91. The topological polar surface area (TPSA) is 70.7 Å². The number of aromatic nitrogens is 3. The second kappa shape index (κ2) is 2.85. The van der Waals surface area contributed by atoms with Gasteiger partial charge in [0.2, 0.25) is 0 Å². The summed E-state index contributed by atoms with van der Waals surface area (Å²) in [5.41, 5.74) is 1.21. The second-order valence-electron chi connectivity index (χ2n) is 2.57. The first-order chi connectivity index (χ1) is 6.33. The van der Waals surface area contributed by atoms with Crippen LogP contribution < -0.4 is 5.32 Å². The average molecular weight is 176 g/mol. The van der Waals surface area contributed by atoms with Gasteiger partial charge in [0.1, 0.15) is 0 Å². The van der Waals surface area contributed by atoms with Crippen molar-refractivity contribution in [2.75, 3.05) is 7.05 Å². The number of nitrogens with zero attached hydrogens (tertiary/aromatic N) is 2. The number of amides is 1. The van der Waals surface area contributed by atoms with E-state index in [2.05, 4.69) is 20.5 Å². The van der Waals surface area contributed by atoms with Gasteiger partial charge in [-0.2, -0.15) is 5.10 Å². The summed E-state index contributed by atoms with van der Waals surface area (Å²) in [6, 6.07) is 1.66. The molecule has 0 spiro atoms. The van der Waals surface area contributed by atoms with Crippen molar-refractivity contribution in [1.82, 2.24) is 20.5 Å². The highest BCUT2D eigenvalue weighted by Gasteiger charge is 2.09. The molecule has 0 bridgehead atoms. The lowest BCUT2D eigenvalue weighted by Crippen LogP contribution is -2.17. The Labute approximate surface area is 74.2 Å². The van der Waals surface area contributed by atoms with Crippen LogP contribution in [0.1, 0.15) is 10.4 Å². The summed E-state index contributed by atoms with van der Waals surface area (Å²) in [6.07, 6.45) is 3.16. The summed E-state index contributed by atoms with van der Waals surface area (Å²) in [6.45, 7) is 0. The number of aromatic amines is 1. The minimum absolute atomic E-state index is 0.131. The summed E-state index contributed by atoms with van der Waals surface area (Å²) < 4.78 is 0. The Morgan fingerprint density at radius 3 is 3.23 bits per heavy atom. The fourth-order valence-corrected chi connectivity index (χ4v) is 1.18. The van der Waals surface area contributed by atoms with E-state index >= 15 is 0 Å². The van der Waals surface area contributed by atoms with Crippen LogP contribution in [0.25, 0.3) is 11.0 Å². The number of H-pyrrole nitrogens is 1. The number of nitrogens with one attached hydrogen (secondary N) is 2. The normalized spacial score (nSPS) is 10.2. The molecule has 13 heavy (non-hydrogen) atoms. The maximum atomic E-state index is 11.3. The number of hydrogen-bond donors (Lipinski definition) is 2. The van der Waals surface area contributed by atoms with Gasteiger partial charge in [0.05, 0.1) is 17.1 Å². The van der Waals surface area contributed by atoms with E-state index in [9.17, 15) is 4.79 Å². The van der Waals surface area contributed by atoms with Crippen molar-refractivity contribution in [3.05, 3.63) is 24.0 Å². The Balaban J connectivity index is 2.67. The molecule has 0 saturated carbocycles. The van der Waals surface area contributed by atoms with Gasteiger partial charge >= 0.3 is 0 Å². The highest BCUT2D eigenvalue weighted by atomic mass is 16.1. The van der Waals surface area contributed by atoms with Crippen LogP contribution in [0.3, 0.4) is 0 Å². The van der Waals surface area contributed by atoms with E-state index in [0.29, 0.717) is 11.2 Å². The molecule has 0 aromatic carbocycles. The van der Waals surface area contributed by atoms with Crippen LogP contribution >= 0.6 is 0 Å². The van der Waals surface area contributed by atoms with Gasteiger partial charge in [-0.3, -0.25) is 9.89 Å². The standard InChI is InChI=1S/C8H8N4O/c1-9-8(13)5-2-3-10-7-6(5)4-11-12-7/h2-4H,1H3,(H,9,13)(H,10,11,12). The molecule has 2 rings (SSSR count). The lowest BCUT2D eigenvalue weighted by molar-refractivity contribution is 0.0964. The van der Waals surface area contributed by atoms with Crippen molar-refractivity contribution in [3.63, 3.8) is 0 Å². The molecule has 66 valence electrons. The van der Waals surface area contributed by atoms with Crippen molar-refractivity contribution in [2.45, 2.75) is 0 Å². The van der Waals surface area contributed by atoms with Gasteiger partial charge in [0.15, 0.2) is 5.65 Å². The van der Waals surface area contributed by atoms with E-state index in [1.807, 2.05) is 0 Å². The molecule has 5 heteroatoms. The quantitative estimate of drug-likeness (QED) is 0.657. The van der Waals surface area contributed by atoms with Gasteiger partial charge in [0, 0.05) is 13.2 Å². The lowest BCUT2D eigenvalue weighted by Gasteiger charge is -1.98. The molecular formula is C8H8N4O. The smallest absolute Gasteiger partial charge is 0.251 e. The number of hydrogen-bond acceptors (Lipinski definition) is 3. The molecule has 0 unspecified atom stereocenters. The van der Waals surface area contributed by atoms with E-state index in [0.717, 1.165) is 5.39 Å². The molecule has 0 saturated heterocycles. The first-order valence-electron chi connectivity index (χ1n) is 3.83. The second-order valence-corrected chi connectivity index (χ2v) is 2.57. The van der Waals surface area contributed by atoms with Crippen molar-refractivity contribution >= 4 is 16.9 Å². The van der Waals surface area contributed by atoms with E-state index in [4.69, 9.17) is 0 Å². The lowest BCUT2D eigenvalue weighted by atomic mass is 10.2. The van der Waals surface area contributed by atoms with Crippen LogP contribution in [0.15, 0.2) is 18.5 Å². The van der Waals surface area contributed by atoms with Crippen LogP contribution in [0, 0.1) is 0 Å². The minimum atomic E-state index is -0.131. The van der Waals surface area contributed by atoms with Gasteiger partial charge in [-0.1, -0.05) is 0 Å². The van der Waals surface area contributed by atoms with Gasteiger partial charge in [-0.25, -0.2) is 4.98 Å². The molecule has 0 aliphatic rings. The van der Waals surface area contributed by atoms with Gasteiger partial charge in [-0.05, 0) is 6.07 Å². The number of rotatable bonds is 1. The molecule has 0 aliphatic heterocycles. The predicted octanol–water partition coefficient (Wildman–Crippen LogP) is 0.317. The number of pyridine rings is 1. The minimum Gasteiger partial charge on any atom is -0.355 e. The molecule has 0 fully saturated rings.